The minimum absolute atomic E-state index is 0.181. The second-order valence-corrected chi connectivity index (χ2v) is 7.55. The van der Waals surface area contributed by atoms with E-state index in [1.807, 2.05) is 30.3 Å². The molecule has 0 N–H and O–H groups in total. The van der Waals surface area contributed by atoms with E-state index in [-0.39, 0.29) is 12.2 Å². The molecule has 1 rings (SSSR count). The molecule has 0 spiro atoms. The van der Waals surface area contributed by atoms with Gasteiger partial charge in [-0.2, -0.15) is 5.26 Å². The molecule has 162 valence electrons. The fourth-order valence-corrected chi connectivity index (χ4v) is 3.19. The van der Waals surface area contributed by atoms with Gasteiger partial charge in [0.25, 0.3) is 0 Å². The van der Waals surface area contributed by atoms with Crippen molar-refractivity contribution in [2.45, 2.75) is 78.3 Å². The topological polar surface area (TPSA) is 71.8 Å². The van der Waals surface area contributed by atoms with E-state index in [2.05, 4.69) is 38.7 Å². The Kier molecular flexibility index (Phi) is 13.0. The van der Waals surface area contributed by atoms with Crippen molar-refractivity contribution in [1.82, 2.24) is 4.90 Å². The monoisotopic (exact) mass is 404 g/mol. The van der Waals surface area contributed by atoms with Gasteiger partial charge in [0.15, 0.2) is 0 Å². The second kappa shape index (κ2) is 15.0. The summed E-state index contributed by atoms with van der Waals surface area (Å²) in [5.41, 5.74) is 0.992. The van der Waals surface area contributed by atoms with Crippen LogP contribution < -0.4 is 0 Å². The van der Waals surface area contributed by atoms with Gasteiger partial charge in [0.2, 0.25) is 0 Å². The van der Waals surface area contributed by atoms with Gasteiger partial charge in [-0.25, -0.2) is 0 Å². The largest absolute Gasteiger partial charge is 0.461 e. The Morgan fingerprint density at radius 2 is 1.76 bits per heavy atom. The first kappa shape index (κ1) is 25.1. The summed E-state index contributed by atoms with van der Waals surface area (Å²) in [7, 11) is 0. The lowest BCUT2D eigenvalue weighted by atomic mass is 10.2. The highest BCUT2D eigenvalue weighted by atomic mass is 16.5. The van der Waals surface area contributed by atoms with Crippen molar-refractivity contribution in [2.24, 2.45) is 0 Å². The third-order valence-electron chi connectivity index (χ3n) is 4.47. The standard InChI is InChI=1S/C23H36N2O4/c1-19(2)25(20(3)4)22(28-16-10-14-24)18-27-15-9-8-13-23(26)29-17-21-11-6-5-7-12-21/h5-7,11-12,19-20,22H,8-10,13,15-18H2,1-4H3. The van der Waals surface area contributed by atoms with Crippen LogP contribution in [0.4, 0.5) is 0 Å². The predicted molar refractivity (Wildman–Crippen MR) is 113 cm³/mol. The summed E-state index contributed by atoms with van der Waals surface area (Å²) in [6.45, 7) is 10.2. The van der Waals surface area contributed by atoms with Gasteiger partial charge in [0.05, 0.1) is 25.7 Å². The van der Waals surface area contributed by atoms with Crippen LogP contribution in [0.1, 0.15) is 58.9 Å². The van der Waals surface area contributed by atoms with Crippen molar-refractivity contribution < 1.29 is 19.0 Å². The number of nitrogens with zero attached hydrogens (tertiary/aromatic N) is 2. The third kappa shape index (κ3) is 11.0. The molecule has 0 amide bonds. The highest BCUT2D eigenvalue weighted by Gasteiger charge is 2.24. The van der Waals surface area contributed by atoms with E-state index in [0.29, 0.717) is 51.4 Å². The van der Waals surface area contributed by atoms with Crippen molar-refractivity contribution in [2.75, 3.05) is 19.8 Å². The average Bonchev–Trinajstić information content (AvgIpc) is 2.69. The molecule has 0 aromatic heterocycles. The molecule has 0 aliphatic rings. The number of hydrogen-bond donors (Lipinski definition) is 0. The molecule has 0 bridgehead atoms. The van der Waals surface area contributed by atoms with Crippen molar-refractivity contribution in [3.63, 3.8) is 0 Å². The molecule has 1 aromatic carbocycles. The summed E-state index contributed by atoms with van der Waals surface area (Å²) in [6, 6.07) is 12.4. The van der Waals surface area contributed by atoms with E-state index in [1.165, 1.54) is 0 Å². The van der Waals surface area contributed by atoms with Crippen LogP contribution in [0.15, 0.2) is 30.3 Å². The minimum atomic E-state index is -0.183. The van der Waals surface area contributed by atoms with Crippen LogP contribution in [-0.4, -0.2) is 49.0 Å². The number of rotatable bonds is 15. The zero-order valence-electron chi connectivity index (χ0n) is 18.3. The Labute approximate surface area is 175 Å². The van der Waals surface area contributed by atoms with Crippen LogP contribution in [-0.2, 0) is 25.6 Å². The third-order valence-corrected chi connectivity index (χ3v) is 4.47. The molecule has 1 aromatic rings. The zero-order chi connectivity index (χ0) is 21.5. The van der Waals surface area contributed by atoms with E-state index < -0.39 is 0 Å². The molecule has 6 nitrogen and oxygen atoms in total. The molecule has 29 heavy (non-hydrogen) atoms. The number of ether oxygens (including phenoxy) is 3. The van der Waals surface area contributed by atoms with Gasteiger partial charge in [-0.1, -0.05) is 30.3 Å². The molecule has 0 fully saturated rings. The lowest BCUT2D eigenvalue weighted by Crippen LogP contribution is -2.48. The molecular weight excluding hydrogens is 368 g/mol. The number of nitriles is 1. The summed E-state index contributed by atoms with van der Waals surface area (Å²) >= 11 is 0. The van der Waals surface area contributed by atoms with Crippen molar-refractivity contribution in [3.8, 4) is 6.07 Å². The Bertz CT molecular complexity index is 591. The predicted octanol–water partition coefficient (Wildman–Crippen LogP) is 4.29. The maximum absolute atomic E-state index is 11.8. The fraction of sp³-hybridized carbons (Fsp3) is 0.652. The number of unbranched alkanes of at least 4 members (excludes halogenated alkanes) is 1. The molecule has 0 radical (unpaired) electrons. The Morgan fingerprint density at radius 3 is 2.38 bits per heavy atom. The minimum Gasteiger partial charge on any atom is -0.461 e. The number of carbonyl (C=O) groups is 1. The van der Waals surface area contributed by atoms with Gasteiger partial charge in [-0.05, 0) is 46.1 Å². The molecule has 6 heteroatoms. The maximum atomic E-state index is 11.8. The number of esters is 1. The van der Waals surface area contributed by atoms with E-state index in [4.69, 9.17) is 19.5 Å². The van der Waals surface area contributed by atoms with Crippen LogP contribution in [0.25, 0.3) is 0 Å². The van der Waals surface area contributed by atoms with E-state index >= 15 is 0 Å². The van der Waals surface area contributed by atoms with Crippen LogP contribution >= 0.6 is 0 Å². The molecule has 1 atom stereocenters. The first-order valence-electron chi connectivity index (χ1n) is 10.5. The van der Waals surface area contributed by atoms with Crippen LogP contribution in [0.5, 0.6) is 0 Å². The summed E-state index contributed by atoms with van der Waals surface area (Å²) in [5.74, 6) is -0.183. The average molecular weight is 405 g/mol. The van der Waals surface area contributed by atoms with Gasteiger partial charge in [0.1, 0.15) is 12.8 Å². The molecule has 0 saturated heterocycles. The van der Waals surface area contributed by atoms with E-state index in [0.717, 1.165) is 18.4 Å². The van der Waals surface area contributed by atoms with Gasteiger partial charge >= 0.3 is 5.97 Å². The quantitative estimate of drug-likeness (QED) is 0.247. The van der Waals surface area contributed by atoms with Crippen molar-refractivity contribution >= 4 is 5.97 Å². The Morgan fingerprint density at radius 1 is 1.07 bits per heavy atom. The lowest BCUT2D eigenvalue weighted by Gasteiger charge is -2.37. The van der Waals surface area contributed by atoms with Crippen molar-refractivity contribution in [1.29, 1.82) is 5.26 Å². The molecule has 1 unspecified atom stereocenters. The first-order valence-corrected chi connectivity index (χ1v) is 10.5. The van der Waals surface area contributed by atoms with Crippen LogP contribution in [0.2, 0.25) is 0 Å². The van der Waals surface area contributed by atoms with Crippen molar-refractivity contribution in [3.05, 3.63) is 35.9 Å². The van der Waals surface area contributed by atoms with Gasteiger partial charge < -0.3 is 14.2 Å². The molecular formula is C23H36N2O4. The molecule has 0 heterocycles. The summed E-state index contributed by atoms with van der Waals surface area (Å²) < 4.78 is 17.0. The Balaban J connectivity index is 2.26. The normalized spacial score (nSPS) is 12.3. The lowest BCUT2D eigenvalue weighted by molar-refractivity contribution is -0.145. The number of carbonyl (C=O) groups excluding carboxylic acids is 1. The number of hydrogen-bond acceptors (Lipinski definition) is 6. The SMILES string of the molecule is CC(C)N(C(C)C)C(COCCCCC(=O)OCc1ccccc1)OCCC#N. The van der Waals surface area contributed by atoms with E-state index in [1.54, 1.807) is 0 Å². The van der Waals surface area contributed by atoms with E-state index in [9.17, 15) is 4.79 Å². The smallest absolute Gasteiger partial charge is 0.306 e. The molecule has 0 aliphatic heterocycles. The summed E-state index contributed by atoms with van der Waals surface area (Å²) in [4.78, 5) is 14.1. The highest BCUT2D eigenvalue weighted by molar-refractivity contribution is 5.69. The van der Waals surface area contributed by atoms with Crippen LogP contribution in [0, 0.1) is 11.3 Å². The maximum Gasteiger partial charge on any atom is 0.306 e. The van der Waals surface area contributed by atoms with Gasteiger partial charge in [0, 0.05) is 25.1 Å². The van der Waals surface area contributed by atoms with Crippen LogP contribution in [0.3, 0.4) is 0 Å². The molecule has 0 saturated carbocycles. The summed E-state index contributed by atoms with van der Waals surface area (Å²) in [5, 5.41) is 8.74. The highest BCUT2D eigenvalue weighted by Crippen LogP contribution is 2.13. The molecule has 0 aliphatic carbocycles. The van der Waals surface area contributed by atoms with Gasteiger partial charge in [-0.3, -0.25) is 9.69 Å². The number of benzene rings is 1. The summed E-state index contributed by atoms with van der Waals surface area (Å²) in [6.07, 6.45) is 2.09. The first-order chi connectivity index (χ1) is 14.0. The Hall–Kier alpha value is -1.94. The van der Waals surface area contributed by atoms with Gasteiger partial charge in [-0.15, -0.1) is 0 Å². The fourth-order valence-electron chi connectivity index (χ4n) is 3.19. The second-order valence-electron chi connectivity index (χ2n) is 7.55. The zero-order valence-corrected chi connectivity index (χ0v) is 18.3.